The molecule has 2 aromatic carbocycles. The summed E-state index contributed by atoms with van der Waals surface area (Å²) in [6.45, 7) is -0.112. The molecule has 2 rings (SSSR count). The molecule has 0 aliphatic rings. The molecule has 2 N–H and O–H groups in total. The van der Waals surface area contributed by atoms with Crippen molar-refractivity contribution < 1.29 is 32.6 Å². The van der Waals surface area contributed by atoms with E-state index in [9.17, 15) is 27.9 Å². The van der Waals surface area contributed by atoms with E-state index in [4.69, 9.17) is 0 Å². The van der Waals surface area contributed by atoms with Gasteiger partial charge < -0.3 is 15.2 Å². The summed E-state index contributed by atoms with van der Waals surface area (Å²) < 4.78 is 41.2. The van der Waals surface area contributed by atoms with Gasteiger partial charge in [0.1, 0.15) is 5.75 Å². The molecule has 8 heteroatoms. The summed E-state index contributed by atoms with van der Waals surface area (Å²) in [6, 6.07) is 14.0. The smallest absolute Gasteiger partial charge is 0.481 e. The molecule has 0 saturated heterocycles. The number of carbonyl (C=O) groups is 2. The Labute approximate surface area is 153 Å². The van der Waals surface area contributed by atoms with Crippen LogP contribution in [0.4, 0.5) is 13.2 Å². The van der Waals surface area contributed by atoms with Gasteiger partial charge in [0, 0.05) is 13.0 Å². The Morgan fingerprint density at radius 3 is 2.30 bits per heavy atom. The summed E-state index contributed by atoms with van der Waals surface area (Å²) >= 11 is 0. The predicted octanol–water partition coefficient (Wildman–Crippen LogP) is 3.50. The molecule has 0 heterocycles. The van der Waals surface area contributed by atoms with Gasteiger partial charge in [0.15, 0.2) is 0 Å². The summed E-state index contributed by atoms with van der Waals surface area (Å²) in [5, 5.41) is 11.8. The van der Waals surface area contributed by atoms with Gasteiger partial charge in [-0.15, -0.1) is 13.2 Å². The number of para-hydroxylation sites is 1. The molecule has 2 aromatic rings. The molecule has 1 atom stereocenters. The lowest BCUT2D eigenvalue weighted by atomic mass is 9.99. The second kappa shape index (κ2) is 9.07. The van der Waals surface area contributed by atoms with Gasteiger partial charge in [-0.25, -0.2) is 0 Å². The zero-order valence-electron chi connectivity index (χ0n) is 14.2. The van der Waals surface area contributed by atoms with Crippen LogP contribution >= 0.6 is 0 Å². The third-order valence-electron chi connectivity index (χ3n) is 3.82. The lowest BCUT2D eigenvalue weighted by Gasteiger charge is -2.15. The minimum absolute atomic E-state index is 0.0289. The van der Waals surface area contributed by atoms with Gasteiger partial charge in [0.05, 0.1) is 5.92 Å². The standard InChI is InChI=1S/C19H18F3NO4/c20-19(21,22)27-16-9-5-4-8-14(16)10-11-17(24)23-12-15(18(25)26)13-6-2-1-3-7-13/h1-9,15H,10-12H2,(H,23,24)(H,25,26). The molecule has 0 bridgehead atoms. The number of hydrogen-bond acceptors (Lipinski definition) is 3. The average molecular weight is 381 g/mol. The molecule has 0 radical (unpaired) electrons. The maximum atomic E-state index is 12.4. The van der Waals surface area contributed by atoms with E-state index in [1.807, 2.05) is 0 Å². The third-order valence-corrected chi connectivity index (χ3v) is 3.82. The molecule has 0 aliphatic heterocycles. The van der Waals surface area contributed by atoms with E-state index >= 15 is 0 Å². The first-order chi connectivity index (χ1) is 12.8. The highest BCUT2D eigenvalue weighted by Crippen LogP contribution is 2.27. The second-order valence-electron chi connectivity index (χ2n) is 5.76. The Hall–Kier alpha value is -3.03. The Morgan fingerprint density at radius 2 is 1.67 bits per heavy atom. The van der Waals surface area contributed by atoms with Crippen molar-refractivity contribution in [1.82, 2.24) is 5.32 Å². The van der Waals surface area contributed by atoms with Gasteiger partial charge >= 0.3 is 12.3 Å². The molecule has 5 nitrogen and oxygen atoms in total. The fourth-order valence-corrected chi connectivity index (χ4v) is 2.52. The van der Waals surface area contributed by atoms with Crippen LogP contribution in [0.2, 0.25) is 0 Å². The maximum Gasteiger partial charge on any atom is 0.573 e. The molecule has 1 unspecified atom stereocenters. The predicted molar refractivity (Wildman–Crippen MR) is 91.3 cm³/mol. The summed E-state index contributed by atoms with van der Waals surface area (Å²) in [7, 11) is 0. The fraction of sp³-hybridized carbons (Fsp3) is 0.263. The van der Waals surface area contributed by atoms with Crippen LogP contribution in [0, 0.1) is 0 Å². The largest absolute Gasteiger partial charge is 0.573 e. The van der Waals surface area contributed by atoms with Crippen molar-refractivity contribution in [2.24, 2.45) is 0 Å². The lowest BCUT2D eigenvalue weighted by Crippen LogP contribution is -2.31. The Morgan fingerprint density at radius 1 is 1.04 bits per heavy atom. The van der Waals surface area contributed by atoms with Crippen molar-refractivity contribution in [3.05, 3.63) is 65.7 Å². The fourth-order valence-electron chi connectivity index (χ4n) is 2.52. The number of alkyl halides is 3. The van der Waals surface area contributed by atoms with Gasteiger partial charge in [-0.2, -0.15) is 0 Å². The zero-order valence-corrected chi connectivity index (χ0v) is 14.2. The first-order valence-electron chi connectivity index (χ1n) is 8.14. The van der Waals surface area contributed by atoms with Crippen LogP contribution in [0.25, 0.3) is 0 Å². The van der Waals surface area contributed by atoms with Crippen molar-refractivity contribution in [2.45, 2.75) is 25.1 Å². The Kier molecular flexibility index (Phi) is 6.81. The molecule has 0 spiro atoms. The minimum Gasteiger partial charge on any atom is -0.481 e. The molecular weight excluding hydrogens is 363 g/mol. The van der Waals surface area contributed by atoms with Crippen LogP contribution in [-0.4, -0.2) is 29.9 Å². The number of rotatable bonds is 8. The van der Waals surface area contributed by atoms with E-state index in [1.165, 1.54) is 18.2 Å². The molecular formula is C19H18F3NO4. The Balaban J connectivity index is 1.92. The highest BCUT2D eigenvalue weighted by atomic mass is 19.4. The molecule has 1 amide bonds. The van der Waals surface area contributed by atoms with Crippen LogP contribution in [0.5, 0.6) is 5.75 Å². The van der Waals surface area contributed by atoms with Crippen LogP contribution in [-0.2, 0) is 16.0 Å². The molecule has 0 fully saturated rings. The molecule has 0 saturated carbocycles. The van der Waals surface area contributed by atoms with Crippen molar-refractivity contribution in [3.8, 4) is 5.75 Å². The normalized spacial score (nSPS) is 12.3. The number of nitrogens with one attached hydrogen (secondary N) is 1. The first kappa shape index (κ1) is 20.3. The molecule has 144 valence electrons. The number of benzene rings is 2. The zero-order chi connectivity index (χ0) is 19.9. The van der Waals surface area contributed by atoms with Crippen LogP contribution < -0.4 is 10.1 Å². The van der Waals surface area contributed by atoms with Gasteiger partial charge in [-0.3, -0.25) is 9.59 Å². The highest BCUT2D eigenvalue weighted by Gasteiger charge is 2.32. The number of hydrogen-bond donors (Lipinski definition) is 2. The second-order valence-corrected chi connectivity index (χ2v) is 5.76. The van der Waals surface area contributed by atoms with Crippen molar-refractivity contribution in [3.63, 3.8) is 0 Å². The summed E-state index contributed by atoms with van der Waals surface area (Å²) in [4.78, 5) is 23.4. The number of carboxylic acid groups (broad SMARTS) is 1. The van der Waals surface area contributed by atoms with E-state index in [2.05, 4.69) is 10.1 Å². The number of ether oxygens (including phenoxy) is 1. The van der Waals surface area contributed by atoms with E-state index < -0.39 is 24.2 Å². The number of aliphatic carboxylic acids is 1. The molecule has 0 aliphatic carbocycles. The average Bonchev–Trinajstić information content (AvgIpc) is 2.60. The van der Waals surface area contributed by atoms with Gasteiger partial charge in [-0.05, 0) is 23.6 Å². The van der Waals surface area contributed by atoms with Crippen LogP contribution in [0.15, 0.2) is 54.6 Å². The Bertz CT molecular complexity index is 778. The minimum atomic E-state index is -4.82. The number of aryl methyl sites for hydroxylation is 1. The van der Waals surface area contributed by atoms with E-state index in [1.54, 1.807) is 36.4 Å². The van der Waals surface area contributed by atoms with Crippen LogP contribution in [0.1, 0.15) is 23.5 Å². The SMILES string of the molecule is O=C(CCc1ccccc1OC(F)(F)F)NCC(C(=O)O)c1ccccc1. The topological polar surface area (TPSA) is 75.6 Å². The van der Waals surface area contributed by atoms with Crippen molar-refractivity contribution in [2.75, 3.05) is 6.54 Å². The number of halogens is 3. The van der Waals surface area contributed by atoms with Crippen molar-refractivity contribution in [1.29, 1.82) is 0 Å². The summed E-state index contributed by atoms with van der Waals surface area (Å²) in [6.07, 6.45) is -4.89. The molecule has 27 heavy (non-hydrogen) atoms. The van der Waals surface area contributed by atoms with Gasteiger partial charge in [0.25, 0.3) is 0 Å². The first-order valence-corrected chi connectivity index (χ1v) is 8.14. The maximum absolute atomic E-state index is 12.4. The number of amides is 1. The van der Waals surface area contributed by atoms with Gasteiger partial charge in [-0.1, -0.05) is 48.5 Å². The summed E-state index contributed by atoms with van der Waals surface area (Å²) in [5.41, 5.74) is 0.789. The van der Waals surface area contributed by atoms with E-state index in [-0.39, 0.29) is 30.7 Å². The molecule has 0 aromatic heterocycles. The van der Waals surface area contributed by atoms with Gasteiger partial charge in [0.2, 0.25) is 5.91 Å². The number of carbonyl (C=O) groups excluding carboxylic acids is 1. The van der Waals surface area contributed by atoms with E-state index in [0.29, 0.717) is 5.56 Å². The van der Waals surface area contributed by atoms with Crippen LogP contribution in [0.3, 0.4) is 0 Å². The quantitative estimate of drug-likeness (QED) is 0.734. The number of carboxylic acids is 1. The monoisotopic (exact) mass is 381 g/mol. The third kappa shape index (κ3) is 6.65. The lowest BCUT2D eigenvalue weighted by molar-refractivity contribution is -0.274. The summed E-state index contributed by atoms with van der Waals surface area (Å²) in [5.74, 6) is -2.80. The van der Waals surface area contributed by atoms with E-state index in [0.717, 1.165) is 0 Å². The van der Waals surface area contributed by atoms with Crippen molar-refractivity contribution >= 4 is 11.9 Å². The highest BCUT2D eigenvalue weighted by molar-refractivity contribution is 5.80.